The lowest BCUT2D eigenvalue weighted by Crippen LogP contribution is -2.12. The van der Waals surface area contributed by atoms with Gasteiger partial charge < -0.3 is 9.73 Å². The summed E-state index contributed by atoms with van der Waals surface area (Å²) in [6.45, 7) is 1.84. The van der Waals surface area contributed by atoms with E-state index in [0.29, 0.717) is 5.82 Å². The van der Waals surface area contributed by atoms with Gasteiger partial charge in [0.2, 0.25) is 5.22 Å². The lowest BCUT2D eigenvalue weighted by atomic mass is 10.3. The van der Waals surface area contributed by atoms with Crippen LogP contribution in [-0.4, -0.2) is 10.9 Å². The number of amides is 1. The highest BCUT2D eigenvalue weighted by Crippen LogP contribution is 2.19. The summed E-state index contributed by atoms with van der Waals surface area (Å²) in [4.78, 5) is 16.0. The molecule has 0 aliphatic heterocycles. The third-order valence-electron chi connectivity index (χ3n) is 2.13. The molecule has 0 fully saturated rings. The van der Waals surface area contributed by atoms with Gasteiger partial charge in [-0.2, -0.15) is 0 Å². The zero-order valence-electron chi connectivity index (χ0n) is 8.83. The molecule has 2 heterocycles. The van der Waals surface area contributed by atoms with E-state index in [9.17, 15) is 4.79 Å². The Morgan fingerprint density at radius 3 is 2.82 bits per heavy atom. The highest BCUT2D eigenvalue weighted by molar-refractivity contribution is 9.10. The molecule has 1 amide bonds. The van der Waals surface area contributed by atoms with Crippen LogP contribution in [0.15, 0.2) is 33.4 Å². The summed E-state index contributed by atoms with van der Waals surface area (Å²) in [5.41, 5.74) is 1.08. The van der Waals surface area contributed by atoms with Crippen molar-refractivity contribution in [1.29, 1.82) is 0 Å². The third kappa shape index (κ3) is 2.68. The highest BCUT2D eigenvalue weighted by atomic mass is 79.9. The summed E-state index contributed by atoms with van der Waals surface area (Å²) in [5, 5.41) is 2.70. The summed E-state index contributed by atoms with van der Waals surface area (Å²) in [7, 11) is 0. The number of carbonyl (C=O) groups is 1. The summed E-state index contributed by atoms with van der Waals surface area (Å²) in [6, 6.07) is 5.02. The molecule has 0 saturated heterocycles. The van der Waals surface area contributed by atoms with Crippen molar-refractivity contribution >= 4 is 39.3 Å². The first-order valence-electron chi connectivity index (χ1n) is 4.75. The van der Waals surface area contributed by atoms with Crippen LogP contribution in [0.4, 0.5) is 5.82 Å². The lowest BCUT2D eigenvalue weighted by molar-refractivity contribution is 0.102. The van der Waals surface area contributed by atoms with E-state index in [1.807, 2.05) is 13.0 Å². The van der Waals surface area contributed by atoms with Gasteiger partial charge in [-0.25, -0.2) is 4.98 Å². The van der Waals surface area contributed by atoms with Crippen molar-refractivity contribution in [2.45, 2.75) is 6.92 Å². The molecule has 0 bridgehead atoms. The second-order valence-corrected chi connectivity index (χ2v) is 4.52. The number of nitrogens with one attached hydrogen (secondary N) is 1. The van der Waals surface area contributed by atoms with Crippen LogP contribution in [-0.2, 0) is 0 Å². The molecule has 88 valence electrons. The molecule has 0 unspecified atom stereocenters. The maximum atomic E-state index is 11.8. The fourth-order valence-corrected chi connectivity index (χ4v) is 1.67. The number of aryl methyl sites for hydroxylation is 1. The summed E-state index contributed by atoms with van der Waals surface area (Å²) < 4.78 is 5.73. The molecule has 0 atom stereocenters. The predicted molar refractivity (Wildman–Crippen MR) is 68.3 cm³/mol. The molecule has 0 spiro atoms. The predicted octanol–water partition coefficient (Wildman–Crippen LogP) is 3.65. The van der Waals surface area contributed by atoms with E-state index in [4.69, 9.17) is 16.0 Å². The van der Waals surface area contributed by atoms with Crippen LogP contribution in [0.5, 0.6) is 0 Å². The molecule has 6 heteroatoms. The molecule has 0 aliphatic rings. The van der Waals surface area contributed by atoms with Crippen molar-refractivity contribution in [3.8, 4) is 0 Å². The Morgan fingerprint density at radius 1 is 1.47 bits per heavy atom. The third-order valence-corrected chi connectivity index (χ3v) is 3.26. The van der Waals surface area contributed by atoms with Crippen LogP contribution in [0.1, 0.15) is 16.1 Å². The van der Waals surface area contributed by atoms with Crippen molar-refractivity contribution in [2.24, 2.45) is 0 Å². The minimum absolute atomic E-state index is 0.0660. The number of hydrogen-bond donors (Lipinski definition) is 1. The zero-order chi connectivity index (χ0) is 12.4. The largest absolute Gasteiger partial charge is 0.452 e. The van der Waals surface area contributed by atoms with Crippen molar-refractivity contribution in [3.05, 3.63) is 45.4 Å². The minimum atomic E-state index is -0.349. The fraction of sp³-hybridized carbons (Fsp3) is 0.0909. The van der Waals surface area contributed by atoms with E-state index < -0.39 is 0 Å². The average molecular weight is 316 g/mol. The molecular weight excluding hydrogens is 307 g/mol. The van der Waals surface area contributed by atoms with Gasteiger partial charge in [-0.3, -0.25) is 4.79 Å². The van der Waals surface area contributed by atoms with Gasteiger partial charge in [-0.05, 0) is 52.7 Å². The molecule has 0 radical (unpaired) electrons. The first kappa shape index (κ1) is 12.1. The average Bonchev–Trinajstić information content (AvgIpc) is 2.70. The van der Waals surface area contributed by atoms with Crippen LogP contribution in [0.3, 0.4) is 0 Å². The summed E-state index contributed by atoms with van der Waals surface area (Å²) >= 11 is 9.04. The van der Waals surface area contributed by atoms with Crippen LogP contribution >= 0.6 is 27.5 Å². The van der Waals surface area contributed by atoms with E-state index >= 15 is 0 Å². The Morgan fingerprint density at radius 2 is 2.24 bits per heavy atom. The van der Waals surface area contributed by atoms with E-state index in [0.717, 1.165) is 10.2 Å². The zero-order valence-corrected chi connectivity index (χ0v) is 11.2. The smallest absolute Gasteiger partial charge is 0.261 e. The summed E-state index contributed by atoms with van der Waals surface area (Å²) in [6.07, 6.45) is 1.36. The number of furan rings is 1. The molecule has 0 aliphatic carbocycles. The molecule has 0 aromatic carbocycles. The SMILES string of the molecule is Cc1nc(NC(=O)c2ccoc2Cl)ccc1Br. The van der Waals surface area contributed by atoms with Crippen molar-refractivity contribution in [2.75, 3.05) is 5.32 Å². The second-order valence-electron chi connectivity index (χ2n) is 3.33. The number of anilines is 1. The molecule has 17 heavy (non-hydrogen) atoms. The topological polar surface area (TPSA) is 55.1 Å². The first-order chi connectivity index (χ1) is 8.08. The Kier molecular flexibility index (Phi) is 3.49. The van der Waals surface area contributed by atoms with Crippen molar-refractivity contribution in [1.82, 2.24) is 4.98 Å². The van der Waals surface area contributed by atoms with Crippen LogP contribution in [0, 0.1) is 6.92 Å². The van der Waals surface area contributed by atoms with Gasteiger partial charge >= 0.3 is 0 Å². The highest BCUT2D eigenvalue weighted by Gasteiger charge is 2.13. The molecule has 2 aromatic heterocycles. The van der Waals surface area contributed by atoms with E-state index in [1.54, 1.807) is 6.07 Å². The monoisotopic (exact) mass is 314 g/mol. The molecule has 2 rings (SSSR count). The number of aromatic nitrogens is 1. The number of pyridine rings is 1. The maximum absolute atomic E-state index is 11.8. The van der Waals surface area contributed by atoms with E-state index in [1.165, 1.54) is 12.3 Å². The quantitative estimate of drug-likeness (QED) is 0.920. The lowest BCUT2D eigenvalue weighted by Gasteiger charge is -2.04. The Labute approximate surface area is 111 Å². The number of rotatable bonds is 2. The van der Waals surface area contributed by atoms with Gasteiger partial charge in [0.05, 0.1) is 17.5 Å². The standard InChI is InChI=1S/C11H8BrClN2O2/c1-6-8(12)2-3-9(14-6)15-11(16)7-4-5-17-10(7)13/h2-5H,1H3,(H,14,15,16). The van der Waals surface area contributed by atoms with E-state index in [-0.39, 0.29) is 16.7 Å². The van der Waals surface area contributed by atoms with Crippen LogP contribution in [0.25, 0.3) is 0 Å². The number of nitrogens with zero attached hydrogens (tertiary/aromatic N) is 1. The van der Waals surface area contributed by atoms with Gasteiger partial charge in [0.1, 0.15) is 5.82 Å². The van der Waals surface area contributed by atoms with Crippen LogP contribution in [0.2, 0.25) is 5.22 Å². The fourth-order valence-electron chi connectivity index (χ4n) is 1.25. The molecule has 2 aromatic rings. The normalized spacial score (nSPS) is 10.3. The van der Waals surface area contributed by atoms with Gasteiger partial charge in [-0.1, -0.05) is 0 Å². The minimum Gasteiger partial charge on any atom is -0.452 e. The Hall–Kier alpha value is -1.33. The number of halogens is 2. The van der Waals surface area contributed by atoms with Gasteiger partial charge in [0, 0.05) is 4.47 Å². The van der Waals surface area contributed by atoms with Crippen molar-refractivity contribution in [3.63, 3.8) is 0 Å². The van der Waals surface area contributed by atoms with Gasteiger partial charge in [-0.15, -0.1) is 0 Å². The number of hydrogen-bond acceptors (Lipinski definition) is 3. The van der Waals surface area contributed by atoms with Gasteiger partial charge in [0.25, 0.3) is 5.91 Å². The van der Waals surface area contributed by atoms with E-state index in [2.05, 4.69) is 26.2 Å². The second kappa shape index (κ2) is 4.89. The van der Waals surface area contributed by atoms with Gasteiger partial charge in [0.15, 0.2) is 0 Å². The maximum Gasteiger partial charge on any atom is 0.261 e. The Bertz CT molecular complexity index is 568. The Balaban J connectivity index is 2.19. The molecule has 1 N–H and O–H groups in total. The first-order valence-corrected chi connectivity index (χ1v) is 5.92. The molecule has 0 saturated carbocycles. The van der Waals surface area contributed by atoms with Crippen LogP contribution < -0.4 is 5.32 Å². The number of carbonyl (C=O) groups excluding carboxylic acids is 1. The van der Waals surface area contributed by atoms with Crippen molar-refractivity contribution < 1.29 is 9.21 Å². The molecule has 4 nitrogen and oxygen atoms in total. The summed E-state index contributed by atoms with van der Waals surface area (Å²) in [5.74, 6) is 0.117. The molecular formula is C11H8BrClN2O2.